The number of carbonyl (C=O) groups is 1. The van der Waals surface area contributed by atoms with Crippen LogP contribution >= 0.6 is 0 Å². The maximum atomic E-state index is 13.3. The van der Waals surface area contributed by atoms with Crippen LogP contribution in [-0.2, 0) is 4.79 Å². The second kappa shape index (κ2) is 7.46. The fraction of sp³-hybridized carbons (Fsp3) is 0.389. The number of nitrogens with zero attached hydrogens (tertiary/aromatic N) is 4. The van der Waals surface area contributed by atoms with Crippen molar-refractivity contribution in [3.05, 3.63) is 42.5 Å². The minimum Gasteiger partial charge on any atom is -0.439 e. The number of rotatable bonds is 4. The molecule has 0 saturated carbocycles. The Morgan fingerprint density at radius 1 is 1.32 bits per heavy atom. The van der Waals surface area contributed by atoms with Crippen molar-refractivity contribution < 1.29 is 13.9 Å². The summed E-state index contributed by atoms with van der Waals surface area (Å²) in [5, 5.41) is 0. The minimum absolute atomic E-state index is 0.115. The summed E-state index contributed by atoms with van der Waals surface area (Å²) in [6, 6.07) is 7.76. The lowest BCUT2D eigenvalue weighted by Gasteiger charge is -2.40. The molecule has 0 unspecified atom stereocenters. The first-order valence-electron chi connectivity index (χ1n) is 8.36. The van der Waals surface area contributed by atoms with Crippen LogP contribution in [0.4, 0.5) is 10.2 Å². The topological polar surface area (TPSA) is 58.6 Å². The van der Waals surface area contributed by atoms with Crippen LogP contribution in [0.3, 0.4) is 0 Å². The number of ether oxygens (including phenoxy) is 1. The van der Waals surface area contributed by atoms with E-state index >= 15 is 0 Å². The van der Waals surface area contributed by atoms with E-state index in [0.717, 1.165) is 5.82 Å². The average Bonchev–Trinajstić information content (AvgIpc) is 2.61. The van der Waals surface area contributed by atoms with Gasteiger partial charge in [0.05, 0.1) is 0 Å². The lowest BCUT2D eigenvalue weighted by molar-refractivity contribution is -0.133. The highest BCUT2D eigenvalue weighted by molar-refractivity contribution is 5.76. The lowest BCUT2D eigenvalue weighted by Crippen LogP contribution is -2.54. The average molecular weight is 344 g/mol. The number of hydrogen-bond acceptors (Lipinski definition) is 5. The summed E-state index contributed by atoms with van der Waals surface area (Å²) in [7, 11) is 0. The maximum Gasteiger partial charge on any atom is 0.224 e. The van der Waals surface area contributed by atoms with E-state index in [1.54, 1.807) is 18.2 Å². The zero-order chi connectivity index (χ0) is 17.8. The molecule has 1 fully saturated rings. The molecule has 0 bridgehead atoms. The molecule has 0 N–H and O–H groups in total. The van der Waals surface area contributed by atoms with Gasteiger partial charge in [-0.2, -0.15) is 0 Å². The molecular formula is C18H21FN4O2. The highest BCUT2D eigenvalue weighted by Crippen LogP contribution is 2.24. The first-order valence-corrected chi connectivity index (χ1v) is 8.36. The van der Waals surface area contributed by atoms with E-state index in [1.165, 1.54) is 18.5 Å². The van der Waals surface area contributed by atoms with E-state index in [-0.39, 0.29) is 17.8 Å². The number of hydrogen-bond donors (Lipinski definition) is 0. The fourth-order valence-corrected chi connectivity index (χ4v) is 2.95. The van der Waals surface area contributed by atoms with Crippen molar-refractivity contribution in [3.8, 4) is 11.6 Å². The van der Waals surface area contributed by atoms with Gasteiger partial charge in [0.25, 0.3) is 0 Å². The molecule has 2 aromatic rings. The van der Waals surface area contributed by atoms with Gasteiger partial charge in [-0.15, -0.1) is 0 Å². The predicted molar refractivity (Wildman–Crippen MR) is 92.2 cm³/mol. The second-order valence-electron chi connectivity index (χ2n) is 6.01. The van der Waals surface area contributed by atoms with E-state index in [2.05, 4.69) is 14.9 Å². The van der Waals surface area contributed by atoms with Crippen LogP contribution in [0.5, 0.6) is 11.6 Å². The first-order chi connectivity index (χ1) is 12.1. The van der Waals surface area contributed by atoms with Crippen molar-refractivity contribution in [1.82, 2.24) is 14.9 Å². The number of aromatic nitrogens is 2. The third-order valence-corrected chi connectivity index (χ3v) is 4.22. The highest BCUT2D eigenvalue weighted by atomic mass is 19.1. The molecule has 1 saturated heterocycles. The van der Waals surface area contributed by atoms with Crippen LogP contribution in [0, 0.1) is 5.82 Å². The summed E-state index contributed by atoms with van der Waals surface area (Å²) >= 11 is 0. The molecule has 0 spiro atoms. The third kappa shape index (κ3) is 4.04. The van der Waals surface area contributed by atoms with Gasteiger partial charge in [0.15, 0.2) is 0 Å². The Labute approximate surface area is 146 Å². The van der Waals surface area contributed by atoms with Crippen LogP contribution < -0.4 is 9.64 Å². The van der Waals surface area contributed by atoms with Crippen molar-refractivity contribution in [1.29, 1.82) is 0 Å². The Morgan fingerprint density at radius 3 is 2.88 bits per heavy atom. The first kappa shape index (κ1) is 17.1. The zero-order valence-electron chi connectivity index (χ0n) is 14.4. The zero-order valence-corrected chi connectivity index (χ0v) is 14.4. The minimum atomic E-state index is -0.364. The molecule has 25 heavy (non-hydrogen) atoms. The Morgan fingerprint density at radius 2 is 2.16 bits per heavy atom. The monoisotopic (exact) mass is 344 g/mol. The molecule has 1 atom stereocenters. The van der Waals surface area contributed by atoms with Crippen LogP contribution in [-0.4, -0.2) is 46.5 Å². The van der Waals surface area contributed by atoms with Crippen LogP contribution in [0.1, 0.15) is 20.3 Å². The van der Waals surface area contributed by atoms with Gasteiger partial charge < -0.3 is 14.5 Å². The standard InChI is InChI=1S/C18H21FN4O2/c1-3-18(24)23-8-7-22(11-13(23)2)16-10-17(21-12-20-16)25-15-6-4-5-14(19)9-15/h4-6,9-10,12-13H,3,7-8,11H2,1-2H3/t13-/m1/s1. The molecule has 6 nitrogen and oxygen atoms in total. The Hall–Kier alpha value is -2.70. The van der Waals surface area contributed by atoms with Gasteiger partial charge in [-0.3, -0.25) is 4.79 Å². The number of halogens is 1. The smallest absolute Gasteiger partial charge is 0.224 e. The molecule has 1 aromatic heterocycles. The molecule has 1 aliphatic heterocycles. The summed E-state index contributed by atoms with van der Waals surface area (Å²) in [6.45, 7) is 5.97. The number of anilines is 1. The summed E-state index contributed by atoms with van der Waals surface area (Å²) < 4.78 is 18.9. The summed E-state index contributed by atoms with van der Waals surface area (Å²) in [5.74, 6) is 1.28. The molecule has 0 radical (unpaired) electrons. The van der Waals surface area contributed by atoms with Gasteiger partial charge in [-0.25, -0.2) is 14.4 Å². The van der Waals surface area contributed by atoms with Gasteiger partial charge in [0.1, 0.15) is 23.7 Å². The van der Waals surface area contributed by atoms with Crippen molar-refractivity contribution in [3.63, 3.8) is 0 Å². The van der Waals surface area contributed by atoms with E-state index in [4.69, 9.17) is 4.74 Å². The molecule has 1 aromatic carbocycles. The van der Waals surface area contributed by atoms with Crippen LogP contribution in [0.2, 0.25) is 0 Å². The number of carbonyl (C=O) groups excluding carboxylic acids is 1. The Bertz CT molecular complexity index is 755. The van der Waals surface area contributed by atoms with Crippen molar-refractivity contribution in [2.24, 2.45) is 0 Å². The summed E-state index contributed by atoms with van der Waals surface area (Å²) in [6.07, 6.45) is 1.95. The van der Waals surface area contributed by atoms with E-state index < -0.39 is 0 Å². The lowest BCUT2D eigenvalue weighted by atomic mass is 10.1. The maximum absolute atomic E-state index is 13.3. The number of amides is 1. The van der Waals surface area contributed by atoms with E-state index in [1.807, 2.05) is 18.7 Å². The second-order valence-corrected chi connectivity index (χ2v) is 6.01. The van der Waals surface area contributed by atoms with E-state index in [9.17, 15) is 9.18 Å². The van der Waals surface area contributed by atoms with Crippen molar-refractivity contribution in [2.45, 2.75) is 26.3 Å². The number of benzene rings is 1. The molecule has 0 aliphatic carbocycles. The van der Waals surface area contributed by atoms with Gasteiger partial charge in [-0.05, 0) is 19.1 Å². The van der Waals surface area contributed by atoms with Crippen molar-refractivity contribution >= 4 is 11.7 Å². The van der Waals surface area contributed by atoms with Gasteiger partial charge in [0, 0.05) is 44.2 Å². The van der Waals surface area contributed by atoms with E-state index in [0.29, 0.717) is 37.7 Å². The third-order valence-electron chi connectivity index (χ3n) is 4.22. The van der Waals surface area contributed by atoms with Gasteiger partial charge in [0.2, 0.25) is 11.8 Å². The van der Waals surface area contributed by atoms with Gasteiger partial charge in [-0.1, -0.05) is 13.0 Å². The van der Waals surface area contributed by atoms with Crippen LogP contribution in [0.15, 0.2) is 36.7 Å². The largest absolute Gasteiger partial charge is 0.439 e. The molecular weight excluding hydrogens is 323 g/mol. The number of piperazine rings is 1. The summed E-state index contributed by atoms with van der Waals surface area (Å²) in [5.41, 5.74) is 0. The molecule has 132 valence electrons. The molecule has 3 rings (SSSR count). The van der Waals surface area contributed by atoms with Crippen LogP contribution in [0.25, 0.3) is 0 Å². The fourth-order valence-electron chi connectivity index (χ4n) is 2.95. The van der Waals surface area contributed by atoms with Gasteiger partial charge >= 0.3 is 0 Å². The summed E-state index contributed by atoms with van der Waals surface area (Å²) in [4.78, 5) is 24.3. The molecule has 7 heteroatoms. The molecule has 1 aliphatic rings. The highest BCUT2D eigenvalue weighted by Gasteiger charge is 2.27. The molecule has 2 heterocycles. The molecule has 1 amide bonds. The normalized spacial score (nSPS) is 17.5. The Balaban J connectivity index is 1.71. The van der Waals surface area contributed by atoms with Crippen molar-refractivity contribution in [2.75, 3.05) is 24.5 Å². The quantitative estimate of drug-likeness (QED) is 0.854. The predicted octanol–water partition coefficient (Wildman–Crippen LogP) is 2.86. The SMILES string of the molecule is CCC(=O)N1CCN(c2cc(Oc3cccc(F)c3)ncn2)C[C@H]1C. The Kier molecular flexibility index (Phi) is 5.11.